The van der Waals surface area contributed by atoms with Crippen molar-refractivity contribution in [2.45, 2.75) is 0 Å². The average molecular weight is 487 g/mol. The van der Waals surface area contributed by atoms with Crippen molar-refractivity contribution in [3.63, 3.8) is 0 Å². The lowest BCUT2D eigenvalue weighted by Gasteiger charge is -2.06. The van der Waals surface area contributed by atoms with Gasteiger partial charge in [0, 0.05) is 26.2 Å². The van der Waals surface area contributed by atoms with E-state index in [2.05, 4.69) is 10.1 Å². The molecule has 1 aromatic heterocycles. The Kier molecular flexibility index (Phi) is 6.55. The zero-order valence-corrected chi connectivity index (χ0v) is 18.6. The van der Waals surface area contributed by atoms with Gasteiger partial charge in [-0.25, -0.2) is 14.5 Å². The van der Waals surface area contributed by atoms with Gasteiger partial charge in [-0.05, 0) is 60.7 Å². The van der Waals surface area contributed by atoms with Crippen LogP contribution in [0.2, 0.25) is 15.1 Å². The van der Waals surface area contributed by atoms with Crippen LogP contribution in [0, 0.1) is 0 Å². The first-order valence-electron chi connectivity index (χ1n) is 9.35. The second-order valence-electron chi connectivity index (χ2n) is 6.66. The summed E-state index contributed by atoms with van der Waals surface area (Å²) in [6, 6.07) is 20.2. The van der Waals surface area contributed by atoms with Crippen LogP contribution in [0.3, 0.4) is 0 Å². The van der Waals surface area contributed by atoms with Crippen molar-refractivity contribution < 1.29 is 14.3 Å². The van der Waals surface area contributed by atoms with Gasteiger partial charge in [-0.2, -0.15) is 0 Å². The van der Waals surface area contributed by atoms with E-state index in [1.54, 1.807) is 72.8 Å². The van der Waals surface area contributed by atoms with Crippen molar-refractivity contribution in [1.82, 2.24) is 14.8 Å². The van der Waals surface area contributed by atoms with E-state index in [4.69, 9.17) is 39.5 Å². The highest BCUT2D eigenvalue weighted by Crippen LogP contribution is 2.25. The third-order valence-corrected chi connectivity index (χ3v) is 5.18. The molecule has 0 atom stereocenters. The molecular weight excluding hydrogens is 473 g/mol. The molecular formula is C23H14Cl3N3O3. The number of carbonyl (C=O) groups is 2. The highest BCUT2D eigenvalue weighted by atomic mass is 35.5. The van der Waals surface area contributed by atoms with Crippen molar-refractivity contribution in [2.75, 3.05) is 6.61 Å². The van der Waals surface area contributed by atoms with Gasteiger partial charge in [-0.15, -0.1) is 5.10 Å². The van der Waals surface area contributed by atoms with Crippen molar-refractivity contribution >= 4 is 46.6 Å². The van der Waals surface area contributed by atoms with Gasteiger partial charge in [-0.3, -0.25) is 4.79 Å². The summed E-state index contributed by atoms with van der Waals surface area (Å²) < 4.78 is 6.64. The van der Waals surface area contributed by atoms with Crippen molar-refractivity contribution in [1.29, 1.82) is 0 Å². The zero-order chi connectivity index (χ0) is 22.7. The number of benzene rings is 3. The summed E-state index contributed by atoms with van der Waals surface area (Å²) in [5.41, 5.74) is 1.66. The van der Waals surface area contributed by atoms with Gasteiger partial charge in [0.05, 0.1) is 5.69 Å². The molecule has 0 aliphatic rings. The summed E-state index contributed by atoms with van der Waals surface area (Å²) in [6.45, 7) is -0.456. The lowest BCUT2D eigenvalue weighted by Crippen LogP contribution is -2.15. The number of hydrogen-bond acceptors (Lipinski definition) is 5. The Hall–Kier alpha value is -3.19. The number of rotatable bonds is 6. The van der Waals surface area contributed by atoms with E-state index >= 15 is 0 Å². The Morgan fingerprint density at radius 1 is 0.844 bits per heavy atom. The Morgan fingerprint density at radius 2 is 1.50 bits per heavy atom. The first-order chi connectivity index (χ1) is 15.4. The minimum Gasteiger partial charge on any atom is -0.451 e. The number of nitrogens with zero attached hydrogens (tertiary/aromatic N) is 3. The molecule has 0 spiro atoms. The minimum absolute atomic E-state index is 0.196. The second-order valence-corrected chi connectivity index (χ2v) is 7.97. The molecule has 32 heavy (non-hydrogen) atoms. The van der Waals surface area contributed by atoms with Gasteiger partial charge in [-0.1, -0.05) is 46.9 Å². The summed E-state index contributed by atoms with van der Waals surface area (Å²) in [6.07, 6.45) is 0. The van der Waals surface area contributed by atoms with E-state index in [9.17, 15) is 9.59 Å². The Labute approximate surface area is 198 Å². The highest BCUT2D eigenvalue weighted by Gasteiger charge is 2.21. The quantitative estimate of drug-likeness (QED) is 0.249. The second kappa shape index (κ2) is 9.53. The number of halogens is 3. The van der Waals surface area contributed by atoms with Crippen LogP contribution in [0.4, 0.5) is 0 Å². The number of ketones is 1. The molecule has 6 nitrogen and oxygen atoms in total. The summed E-state index contributed by atoms with van der Waals surface area (Å²) in [5.74, 6) is -1.02. The topological polar surface area (TPSA) is 74.1 Å². The molecule has 0 saturated carbocycles. The highest BCUT2D eigenvalue weighted by molar-refractivity contribution is 6.31. The van der Waals surface area contributed by atoms with E-state index in [-0.39, 0.29) is 11.6 Å². The molecule has 0 aliphatic heterocycles. The normalized spacial score (nSPS) is 10.7. The predicted molar refractivity (Wildman–Crippen MR) is 123 cm³/mol. The number of esters is 1. The Balaban J connectivity index is 1.61. The largest absolute Gasteiger partial charge is 0.451 e. The lowest BCUT2D eigenvalue weighted by atomic mass is 10.1. The van der Waals surface area contributed by atoms with Crippen LogP contribution in [0.25, 0.3) is 17.1 Å². The van der Waals surface area contributed by atoms with E-state index in [1.165, 1.54) is 4.68 Å². The van der Waals surface area contributed by atoms with Crippen molar-refractivity contribution in [3.8, 4) is 17.1 Å². The third kappa shape index (κ3) is 4.99. The number of hydrogen-bond donors (Lipinski definition) is 0. The fourth-order valence-electron chi connectivity index (χ4n) is 2.89. The van der Waals surface area contributed by atoms with Crippen LogP contribution >= 0.6 is 34.8 Å². The maximum atomic E-state index is 12.6. The maximum Gasteiger partial charge on any atom is 0.378 e. The lowest BCUT2D eigenvalue weighted by molar-refractivity contribution is 0.0462. The van der Waals surface area contributed by atoms with Gasteiger partial charge in [0.25, 0.3) is 5.82 Å². The van der Waals surface area contributed by atoms with E-state index in [1.807, 2.05) is 0 Å². The van der Waals surface area contributed by atoms with Crippen LogP contribution in [0.5, 0.6) is 0 Å². The SMILES string of the molecule is O=C(COC(=O)c1nc(-c2cccc(Cl)c2)n(-c2ccc(Cl)cc2)n1)c1ccc(Cl)cc1. The van der Waals surface area contributed by atoms with Crippen LogP contribution < -0.4 is 0 Å². The molecule has 3 aromatic carbocycles. The Morgan fingerprint density at radius 3 is 2.16 bits per heavy atom. The minimum atomic E-state index is -0.830. The summed E-state index contributed by atoms with van der Waals surface area (Å²) >= 11 is 17.9. The molecule has 4 aromatic rings. The van der Waals surface area contributed by atoms with Crippen LogP contribution in [-0.2, 0) is 4.74 Å². The zero-order valence-electron chi connectivity index (χ0n) is 16.3. The number of ether oxygens (including phenoxy) is 1. The summed E-state index contributed by atoms with van der Waals surface area (Å²) in [4.78, 5) is 29.2. The van der Waals surface area contributed by atoms with Crippen molar-refractivity contribution in [3.05, 3.63) is 99.3 Å². The van der Waals surface area contributed by atoms with Crippen molar-refractivity contribution in [2.24, 2.45) is 0 Å². The Bertz CT molecular complexity index is 1290. The van der Waals surface area contributed by atoms with E-state index in [0.29, 0.717) is 37.7 Å². The maximum absolute atomic E-state index is 12.6. The number of aromatic nitrogens is 3. The fraction of sp³-hybridized carbons (Fsp3) is 0.0435. The molecule has 0 unspecified atom stereocenters. The molecule has 0 bridgehead atoms. The van der Waals surface area contributed by atoms with Crippen LogP contribution in [-0.4, -0.2) is 33.1 Å². The summed E-state index contributed by atoms with van der Waals surface area (Å²) in [5, 5.41) is 5.86. The number of Topliss-reactive ketones (excluding diaryl/α,β-unsaturated/α-hetero) is 1. The third-order valence-electron chi connectivity index (χ3n) is 4.44. The molecule has 160 valence electrons. The van der Waals surface area contributed by atoms with Gasteiger partial charge < -0.3 is 4.74 Å². The molecule has 0 radical (unpaired) electrons. The smallest absolute Gasteiger partial charge is 0.378 e. The molecule has 1 heterocycles. The fourth-order valence-corrected chi connectivity index (χ4v) is 3.33. The van der Waals surface area contributed by atoms with E-state index in [0.717, 1.165) is 0 Å². The summed E-state index contributed by atoms with van der Waals surface area (Å²) in [7, 11) is 0. The van der Waals surface area contributed by atoms with Gasteiger partial charge >= 0.3 is 5.97 Å². The average Bonchev–Trinajstić information content (AvgIpc) is 3.24. The molecule has 9 heteroatoms. The molecule has 0 N–H and O–H groups in total. The first kappa shape index (κ1) is 22.0. The number of carbonyl (C=O) groups excluding carboxylic acids is 2. The van der Waals surface area contributed by atoms with E-state index < -0.39 is 12.6 Å². The van der Waals surface area contributed by atoms with Gasteiger partial charge in [0.2, 0.25) is 0 Å². The molecule has 0 amide bonds. The first-order valence-corrected chi connectivity index (χ1v) is 10.5. The monoisotopic (exact) mass is 485 g/mol. The van der Waals surface area contributed by atoms with Crippen LogP contribution in [0.15, 0.2) is 72.8 Å². The van der Waals surface area contributed by atoms with Crippen LogP contribution in [0.1, 0.15) is 21.0 Å². The molecule has 0 saturated heterocycles. The molecule has 4 rings (SSSR count). The van der Waals surface area contributed by atoms with Gasteiger partial charge in [0.15, 0.2) is 18.2 Å². The molecule has 0 fully saturated rings. The predicted octanol–water partition coefficient (Wildman–Crippen LogP) is 5.93. The molecule has 0 aliphatic carbocycles. The van der Waals surface area contributed by atoms with Gasteiger partial charge in [0.1, 0.15) is 0 Å². The standard InChI is InChI=1S/C23H14Cl3N3O3/c24-16-6-4-14(5-7-16)20(30)13-32-23(31)21-27-22(15-2-1-3-18(26)12-15)29(28-21)19-10-8-17(25)9-11-19/h1-12H,13H2.